The van der Waals surface area contributed by atoms with Crippen molar-refractivity contribution in [1.29, 1.82) is 0 Å². The number of benzene rings is 1. The molecule has 132 valence electrons. The number of nitrogens with zero attached hydrogens (tertiary/aromatic N) is 2. The van der Waals surface area contributed by atoms with E-state index >= 15 is 0 Å². The zero-order valence-electron chi connectivity index (χ0n) is 14.7. The van der Waals surface area contributed by atoms with Crippen LogP contribution in [0, 0.1) is 0 Å². The van der Waals surface area contributed by atoms with Crippen LogP contribution in [0.4, 0.5) is 0 Å². The Balaban J connectivity index is 1.44. The van der Waals surface area contributed by atoms with E-state index in [0.29, 0.717) is 19.7 Å². The molecule has 0 spiro atoms. The Bertz CT molecular complexity index is 526. The molecule has 3 rings (SSSR count). The molecule has 1 unspecified atom stereocenters. The molecule has 5 heteroatoms. The van der Waals surface area contributed by atoms with Gasteiger partial charge in [0.2, 0.25) is 0 Å². The highest BCUT2D eigenvalue weighted by Gasteiger charge is 2.24. The summed E-state index contributed by atoms with van der Waals surface area (Å²) < 4.78 is 5.54. The van der Waals surface area contributed by atoms with Crippen LogP contribution in [0.5, 0.6) is 0 Å². The lowest BCUT2D eigenvalue weighted by Crippen LogP contribution is -2.48. The van der Waals surface area contributed by atoms with Crippen LogP contribution in [0.2, 0.25) is 0 Å². The van der Waals surface area contributed by atoms with Gasteiger partial charge >= 0.3 is 0 Å². The third-order valence-electron chi connectivity index (χ3n) is 4.91. The van der Waals surface area contributed by atoms with Crippen molar-refractivity contribution in [1.82, 2.24) is 15.1 Å². The highest BCUT2D eigenvalue weighted by Crippen LogP contribution is 2.13. The minimum Gasteiger partial charge on any atom is -0.366 e. The summed E-state index contributed by atoms with van der Waals surface area (Å²) >= 11 is 0. The van der Waals surface area contributed by atoms with E-state index in [1.165, 1.54) is 37.9 Å². The van der Waals surface area contributed by atoms with E-state index in [1.807, 2.05) is 7.05 Å². The molecule has 0 bridgehead atoms. The Morgan fingerprint density at radius 3 is 2.54 bits per heavy atom. The SMILES string of the molecule is CN1CCOC(C(=O)NCc2ccc(CN3CCCCC3)cc2)C1. The van der Waals surface area contributed by atoms with E-state index in [4.69, 9.17) is 4.74 Å². The van der Waals surface area contributed by atoms with Crippen LogP contribution in [0.1, 0.15) is 30.4 Å². The summed E-state index contributed by atoms with van der Waals surface area (Å²) in [5.41, 5.74) is 2.49. The van der Waals surface area contributed by atoms with Crippen LogP contribution < -0.4 is 5.32 Å². The van der Waals surface area contributed by atoms with E-state index in [0.717, 1.165) is 18.7 Å². The molecule has 5 nitrogen and oxygen atoms in total. The predicted octanol–water partition coefficient (Wildman–Crippen LogP) is 1.62. The summed E-state index contributed by atoms with van der Waals surface area (Å²) in [6.45, 7) is 6.21. The Morgan fingerprint density at radius 1 is 1.12 bits per heavy atom. The molecule has 0 saturated carbocycles. The number of ether oxygens (including phenoxy) is 1. The Labute approximate surface area is 145 Å². The van der Waals surface area contributed by atoms with E-state index in [1.54, 1.807) is 0 Å². The Hall–Kier alpha value is -1.43. The first-order chi connectivity index (χ1) is 11.7. The molecule has 2 saturated heterocycles. The van der Waals surface area contributed by atoms with E-state index in [9.17, 15) is 4.79 Å². The quantitative estimate of drug-likeness (QED) is 0.890. The molecule has 2 heterocycles. The standard InChI is InChI=1S/C19H29N3O2/c1-21-11-12-24-18(15-21)19(23)20-13-16-5-7-17(8-6-16)14-22-9-3-2-4-10-22/h5-8,18H,2-4,9-15H2,1H3,(H,20,23). The third kappa shape index (κ3) is 5.03. The minimum atomic E-state index is -0.345. The Morgan fingerprint density at radius 2 is 1.83 bits per heavy atom. The summed E-state index contributed by atoms with van der Waals surface area (Å²) in [4.78, 5) is 16.8. The first-order valence-corrected chi connectivity index (χ1v) is 9.09. The van der Waals surface area contributed by atoms with Crippen molar-refractivity contribution in [2.45, 2.75) is 38.5 Å². The number of rotatable bonds is 5. The number of carbonyl (C=O) groups is 1. The maximum Gasteiger partial charge on any atom is 0.250 e. The molecule has 2 aliphatic rings. The van der Waals surface area contributed by atoms with Crippen LogP contribution in [-0.4, -0.2) is 61.6 Å². The molecule has 2 fully saturated rings. The van der Waals surface area contributed by atoms with Crippen molar-refractivity contribution >= 4 is 5.91 Å². The minimum absolute atomic E-state index is 0.0149. The zero-order chi connectivity index (χ0) is 16.8. The molecule has 1 aromatic carbocycles. The molecular weight excluding hydrogens is 302 g/mol. The number of likely N-dealkylation sites (N-methyl/N-ethyl adjacent to an activating group) is 1. The van der Waals surface area contributed by atoms with Crippen molar-refractivity contribution < 1.29 is 9.53 Å². The molecule has 24 heavy (non-hydrogen) atoms. The average Bonchev–Trinajstić information content (AvgIpc) is 2.62. The number of amides is 1. The number of hydrogen-bond donors (Lipinski definition) is 1. The molecule has 2 aliphatic heterocycles. The van der Waals surface area contributed by atoms with Crippen molar-refractivity contribution in [3.63, 3.8) is 0 Å². The highest BCUT2D eigenvalue weighted by atomic mass is 16.5. The van der Waals surface area contributed by atoms with E-state index in [2.05, 4.69) is 39.4 Å². The van der Waals surface area contributed by atoms with Gasteiger partial charge in [-0.3, -0.25) is 9.69 Å². The van der Waals surface area contributed by atoms with Crippen LogP contribution in [-0.2, 0) is 22.6 Å². The van der Waals surface area contributed by atoms with E-state index < -0.39 is 0 Å². The molecule has 1 atom stereocenters. The lowest BCUT2D eigenvalue weighted by Gasteiger charge is -2.29. The lowest BCUT2D eigenvalue weighted by atomic mass is 10.1. The van der Waals surface area contributed by atoms with Crippen LogP contribution >= 0.6 is 0 Å². The third-order valence-corrected chi connectivity index (χ3v) is 4.91. The second-order valence-electron chi connectivity index (χ2n) is 6.99. The van der Waals surface area contributed by atoms with Crippen molar-refractivity contribution in [3.05, 3.63) is 35.4 Å². The Kier molecular flexibility index (Phi) is 6.24. The van der Waals surface area contributed by atoms with Crippen molar-refractivity contribution in [3.8, 4) is 0 Å². The van der Waals surface area contributed by atoms with Gasteiger partial charge in [-0.2, -0.15) is 0 Å². The molecule has 0 aliphatic carbocycles. The maximum absolute atomic E-state index is 12.2. The van der Waals surface area contributed by atoms with Crippen LogP contribution in [0.25, 0.3) is 0 Å². The fourth-order valence-electron chi connectivity index (χ4n) is 3.38. The summed E-state index contributed by atoms with van der Waals surface area (Å²) in [6.07, 6.45) is 3.67. The molecule has 0 radical (unpaired) electrons. The predicted molar refractivity (Wildman–Crippen MR) is 94.7 cm³/mol. The van der Waals surface area contributed by atoms with Gasteiger partial charge in [0.05, 0.1) is 6.61 Å². The van der Waals surface area contributed by atoms with Gasteiger partial charge in [-0.1, -0.05) is 30.7 Å². The number of nitrogens with one attached hydrogen (secondary N) is 1. The van der Waals surface area contributed by atoms with Gasteiger partial charge in [-0.15, -0.1) is 0 Å². The highest BCUT2D eigenvalue weighted by molar-refractivity contribution is 5.81. The number of hydrogen-bond acceptors (Lipinski definition) is 4. The summed E-state index contributed by atoms with van der Waals surface area (Å²) in [5.74, 6) is -0.0149. The second-order valence-corrected chi connectivity index (χ2v) is 6.99. The van der Waals surface area contributed by atoms with Crippen molar-refractivity contribution in [2.75, 3.05) is 39.8 Å². The smallest absolute Gasteiger partial charge is 0.250 e. The van der Waals surface area contributed by atoms with Gasteiger partial charge in [0.15, 0.2) is 0 Å². The fraction of sp³-hybridized carbons (Fsp3) is 0.632. The van der Waals surface area contributed by atoms with Gasteiger partial charge in [-0.05, 0) is 44.1 Å². The number of piperidine rings is 1. The van der Waals surface area contributed by atoms with Gasteiger partial charge in [0, 0.05) is 26.2 Å². The van der Waals surface area contributed by atoms with Crippen LogP contribution in [0.15, 0.2) is 24.3 Å². The normalized spacial score (nSPS) is 23.1. The number of morpholine rings is 1. The first-order valence-electron chi connectivity index (χ1n) is 9.09. The average molecular weight is 331 g/mol. The van der Waals surface area contributed by atoms with Gasteiger partial charge < -0.3 is 15.0 Å². The summed E-state index contributed by atoms with van der Waals surface area (Å²) in [6, 6.07) is 8.60. The molecular formula is C19H29N3O2. The molecule has 0 aromatic heterocycles. The molecule has 1 amide bonds. The lowest BCUT2D eigenvalue weighted by molar-refractivity contribution is -0.137. The van der Waals surface area contributed by atoms with E-state index in [-0.39, 0.29) is 12.0 Å². The fourth-order valence-corrected chi connectivity index (χ4v) is 3.38. The van der Waals surface area contributed by atoms with Gasteiger partial charge in [-0.25, -0.2) is 0 Å². The first kappa shape index (κ1) is 17.4. The number of likely N-dealkylation sites (tertiary alicyclic amines) is 1. The monoisotopic (exact) mass is 331 g/mol. The number of carbonyl (C=O) groups excluding carboxylic acids is 1. The zero-order valence-corrected chi connectivity index (χ0v) is 14.7. The van der Waals surface area contributed by atoms with Gasteiger partial charge in [0.1, 0.15) is 6.10 Å². The van der Waals surface area contributed by atoms with Crippen LogP contribution in [0.3, 0.4) is 0 Å². The molecule has 1 aromatic rings. The maximum atomic E-state index is 12.2. The molecule has 1 N–H and O–H groups in total. The summed E-state index contributed by atoms with van der Waals surface area (Å²) in [5, 5.41) is 2.99. The summed E-state index contributed by atoms with van der Waals surface area (Å²) in [7, 11) is 2.02. The largest absolute Gasteiger partial charge is 0.366 e. The topological polar surface area (TPSA) is 44.8 Å². The second kappa shape index (κ2) is 8.60. The van der Waals surface area contributed by atoms with Gasteiger partial charge in [0.25, 0.3) is 5.91 Å². The van der Waals surface area contributed by atoms with Crippen molar-refractivity contribution in [2.24, 2.45) is 0 Å².